The fourth-order valence-corrected chi connectivity index (χ4v) is 2.34. The Morgan fingerprint density at radius 1 is 1.47 bits per heavy atom. The molecule has 0 aromatic heterocycles. The van der Waals surface area contributed by atoms with Crippen LogP contribution in [0.2, 0.25) is 0 Å². The van der Waals surface area contributed by atoms with Crippen molar-refractivity contribution in [1.29, 1.82) is 0 Å². The lowest BCUT2D eigenvalue weighted by Gasteiger charge is -2.15. The van der Waals surface area contributed by atoms with Gasteiger partial charge in [0.1, 0.15) is 0 Å². The summed E-state index contributed by atoms with van der Waals surface area (Å²) in [6, 6.07) is 4.40. The van der Waals surface area contributed by atoms with Crippen molar-refractivity contribution >= 4 is 34.3 Å². The molecule has 1 aromatic carbocycles. The van der Waals surface area contributed by atoms with Crippen LogP contribution in [0.15, 0.2) is 18.2 Å². The molecule has 7 nitrogen and oxygen atoms in total. The lowest BCUT2D eigenvalue weighted by Crippen LogP contribution is -2.33. The highest BCUT2D eigenvalue weighted by molar-refractivity contribution is 8.14. The molecule has 1 aromatic rings. The number of aryl methyl sites for hydroxylation is 1. The Morgan fingerprint density at radius 3 is 2.79 bits per heavy atom. The summed E-state index contributed by atoms with van der Waals surface area (Å²) in [5, 5.41) is 13.3. The molecule has 1 heterocycles. The van der Waals surface area contributed by atoms with Gasteiger partial charge in [-0.3, -0.25) is 24.6 Å². The van der Waals surface area contributed by atoms with Gasteiger partial charge in [-0.05, 0) is 12.5 Å². The van der Waals surface area contributed by atoms with Crippen molar-refractivity contribution in [1.82, 2.24) is 4.90 Å². The van der Waals surface area contributed by atoms with Crippen LogP contribution in [0.5, 0.6) is 0 Å². The molecule has 0 unspecified atom stereocenters. The van der Waals surface area contributed by atoms with E-state index in [4.69, 9.17) is 0 Å². The van der Waals surface area contributed by atoms with Crippen molar-refractivity contribution in [2.45, 2.75) is 6.92 Å². The maximum absolute atomic E-state index is 11.4. The first kappa shape index (κ1) is 13.3. The molecule has 0 aliphatic carbocycles. The maximum atomic E-state index is 11.4. The number of nitro benzene ring substituents is 1. The van der Waals surface area contributed by atoms with E-state index in [-0.39, 0.29) is 29.3 Å². The van der Waals surface area contributed by atoms with Gasteiger partial charge in [-0.25, -0.2) is 0 Å². The monoisotopic (exact) mass is 281 g/mol. The van der Waals surface area contributed by atoms with E-state index in [1.807, 2.05) is 0 Å². The van der Waals surface area contributed by atoms with E-state index in [2.05, 4.69) is 5.32 Å². The van der Waals surface area contributed by atoms with E-state index in [1.165, 1.54) is 12.1 Å². The second-order valence-corrected chi connectivity index (χ2v) is 4.89. The van der Waals surface area contributed by atoms with Gasteiger partial charge in [0.2, 0.25) is 5.91 Å². The molecule has 1 aliphatic heterocycles. The van der Waals surface area contributed by atoms with Crippen molar-refractivity contribution in [3.63, 3.8) is 0 Å². The zero-order chi connectivity index (χ0) is 14.0. The standard InChI is InChI=1S/C11H11N3O4S/c1-7-2-3-8(14(17)18)4-9(7)12-6-13-10(15)5-19-11(13)16/h2-4,12H,5-6H2,1H3. The number of nitrogens with zero attached hydrogens (tertiary/aromatic N) is 2. The minimum Gasteiger partial charge on any atom is -0.367 e. The third kappa shape index (κ3) is 2.84. The van der Waals surface area contributed by atoms with Gasteiger partial charge in [0.15, 0.2) is 0 Å². The molecule has 0 spiro atoms. The van der Waals surface area contributed by atoms with Gasteiger partial charge in [0.05, 0.1) is 17.3 Å². The summed E-state index contributed by atoms with van der Waals surface area (Å²) in [6.45, 7) is 1.81. The second-order valence-electron chi connectivity index (χ2n) is 3.97. The molecule has 0 saturated carbocycles. The van der Waals surface area contributed by atoms with Gasteiger partial charge in [0.25, 0.3) is 10.9 Å². The predicted molar refractivity (Wildman–Crippen MR) is 71.0 cm³/mol. The molecule has 1 saturated heterocycles. The van der Waals surface area contributed by atoms with Crippen molar-refractivity contribution in [2.24, 2.45) is 0 Å². The van der Waals surface area contributed by atoms with Crippen LogP contribution in [-0.4, -0.2) is 33.4 Å². The summed E-state index contributed by atoms with van der Waals surface area (Å²) in [7, 11) is 0. The summed E-state index contributed by atoms with van der Waals surface area (Å²) >= 11 is 0.950. The van der Waals surface area contributed by atoms with E-state index < -0.39 is 4.92 Å². The molecule has 0 radical (unpaired) electrons. The van der Waals surface area contributed by atoms with Gasteiger partial charge in [-0.15, -0.1) is 0 Å². The molecule has 100 valence electrons. The van der Waals surface area contributed by atoms with Gasteiger partial charge in [0, 0.05) is 17.8 Å². The van der Waals surface area contributed by atoms with Crippen molar-refractivity contribution in [2.75, 3.05) is 17.7 Å². The summed E-state index contributed by atoms with van der Waals surface area (Å²) in [6.07, 6.45) is 0. The van der Waals surface area contributed by atoms with Crippen LogP contribution in [0.1, 0.15) is 5.56 Å². The van der Waals surface area contributed by atoms with Crippen molar-refractivity contribution < 1.29 is 14.5 Å². The smallest absolute Gasteiger partial charge is 0.290 e. The van der Waals surface area contributed by atoms with Crippen LogP contribution >= 0.6 is 11.8 Å². The van der Waals surface area contributed by atoms with Gasteiger partial charge in [-0.1, -0.05) is 17.8 Å². The van der Waals surface area contributed by atoms with Crippen LogP contribution < -0.4 is 5.32 Å². The Balaban J connectivity index is 2.11. The van der Waals surface area contributed by atoms with Crippen LogP contribution in [0, 0.1) is 17.0 Å². The average molecular weight is 281 g/mol. The summed E-state index contributed by atoms with van der Waals surface area (Å²) in [5.41, 5.74) is 1.30. The average Bonchev–Trinajstić information content (AvgIpc) is 2.68. The van der Waals surface area contributed by atoms with Crippen molar-refractivity contribution in [3.05, 3.63) is 33.9 Å². The molecule has 19 heavy (non-hydrogen) atoms. The van der Waals surface area contributed by atoms with Crippen LogP contribution in [0.25, 0.3) is 0 Å². The minimum absolute atomic E-state index is 0.0205. The molecule has 0 bridgehead atoms. The van der Waals surface area contributed by atoms with Crippen molar-refractivity contribution in [3.8, 4) is 0 Å². The molecule has 0 atom stereocenters. The highest BCUT2D eigenvalue weighted by Gasteiger charge is 2.29. The molecular weight excluding hydrogens is 270 g/mol. The molecule has 8 heteroatoms. The fourth-order valence-electron chi connectivity index (χ4n) is 1.61. The predicted octanol–water partition coefficient (Wildman–Crippen LogP) is 1.97. The number of thioether (sulfide) groups is 1. The SMILES string of the molecule is Cc1ccc([N+](=O)[O-])cc1NCN1C(=O)CSC1=O. The molecule has 1 aliphatic rings. The first-order valence-corrected chi connectivity index (χ1v) is 6.43. The van der Waals surface area contributed by atoms with Crippen LogP contribution in [0.3, 0.4) is 0 Å². The third-order valence-electron chi connectivity index (χ3n) is 2.70. The zero-order valence-corrected chi connectivity index (χ0v) is 10.9. The first-order chi connectivity index (χ1) is 8.99. The summed E-state index contributed by atoms with van der Waals surface area (Å²) in [5.74, 6) is -0.111. The minimum atomic E-state index is -0.493. The highest BCUT2D eigenvalue weighted by atomic mass is 32.2. The number of carbonyl (C=O) groups excluding carboxylic acids is 2. The van der Waals surface area contributed by atoms with Crippen LogP contribution in [0.4, 0.5) is 16.2 Å². The number of anilines is 1. The van der Waals surface area contributed by atoms with Crippen LogP contribution in [-0.2, 0) is 4.79 Å². The highest BCUT2D eigenvalue weighted by Crippen LogP contribution is 2.23. The lowest BCUT2D eigenvalue weighted by molar-refractivity contribution is -0.384. The number of rotatable bonds is 4. The van der Waals surface area contributed by atoms with E-state index in [0.717, 1.165) is 22.2 Å². The lowest BCUT2D eigenvalue weighted by atomic mass is 10.2. The first-order valence-electron chi connectivity index (χ1n) is 5.45. The number of benzene rings is 1. The van der Waals surface area contributed by atoms with E-state index in [9.17, 15) is 19.7 Å². The van der Waals surface area contributed by atoms with E-state index >= 15 is 0 Å². The summed E-state index contributed by atoms with van der Waals surface area (Å²) in [4.78, 5) is 34.1. The number of non-ortho nitro benzene ring substituents is 1. The number of amides is 2. The molecule has 1 fully saturated rings. The zero-order valence-electron chi connectivity index (χ0n) is 10.1. The Morgan fingerprint density at radius 2 is 2.21 bits per heavy atom. The Kier molecular flexibility index (Phi) is 3.70. The quantitative estimate of drug-likeness (QED) is 0.670. The number of carbonyl (C=O) groups is 2. The molecule has 2 amide bonds. The van der Waals surface area contributed by atoms with Gasteiger partial charge >= 0.3 is 0 Å². The third-order valence-corrected chi connectivity index (χ3v) is 3.56. The summed E-state index contributed by atoms with van der Waals surface area (Å²) < 4.78 is 0. The fraction of sp³-hybridized carbons (Fsp3) is 0.273. The maximum Gasteiger partial charge on any atom is 0.290 e. The molecular formula is C11H11N3O4S. The Labute approximate surface area is 113 Å². The van der Waals surface area contributed by atoms with Gasteiger partial charge < -0.3 is 5.32 Å². The van der Waals surface area contributed by atoms with E-state index in [0.29, 0.717) is 5.69 Å². The molecule has 1 N–H and O–H groups in total. The Bertz CT molecular complexity index is 545. The normalized spacial score (nSPS) is 14.9. The Hall–Kier alpha value is -2.09. The topological polar surface area (TPSA) is 92.6 Å². The van der Waals surface area contributed by atoms with E-state index in [1.54, 1.807) is 13.0 Å². The molecule has 2 rings (SSSR count). The number of hydrogen-bond acceptors (Lipinski definition) is 6. The number of nitro groups is 1. The number of hydrogen-bond donors (Lipinski definition) is 1. The number of nitrogens with one attached hydrogen (secondary N) is 1. The second kappa shape index (κ2) is 5.27. The number of imide groups is 1. The van der Waals surface area contributed by atoms with Gasteiger partial charge in [-0.2, -0.15) is 0 Å². The largest absolute Gasteiger partial charge is 0.367 e.